The molecule has 3 nitrogen and oxygen atoms in total. The monoisotopic (exact) mass is 253 g/mol. The highest BCUT2D eigenvalue weighted by Gasteiger charge is 2.36. The highest BCUT2D eigenvalue weighted by molar-refractivity contribution is 6.29. The van der Waals surface area contributed by atoms with Crippen LogP contribution in [-0.4, -0.2) is 16.0 Å². The zero-order valence-electron chi connectivity index (χ0n) is 10.5. The lowest BCUT2D eigenvalue weighted by molar-refractivity contribution is 0.691. The molecule has 1 saturated carbocycles. The Balaban J connectivity index is 1.96. The van der Waals surface area contributed by atoms with Crippen LogP contribution in [0.1, 0.15) is 45.4 Å². The number of hydrogen-bond donors (Lipinski definition) is 1. The molecule has 2 atom stereocenters. The van der Waals surface area contributed by atoms with Gasteiger partial charge in [0.2, 0.25) is 0 Å². The van der Waals surface area contributed by atoms with E-state index in [2.05, 4.69) is 29.1 Å². The summed E-state index contributed by atoms with van der Waals surface area (Å²) in [7, 11) is 0. The van der Waals surface area contributed by atoms with Gasteiger partial charge < -0.3 is 5.32 Å². The smallest absolute Gasteiger partial charge is 0.134 e. The third kappa shape index (κ3) is 3.56. The zero-order chi connectivity index (χ0) is 12.3. The Morgan fingerprint density at radius 2 is 2.18 bits per heavy atom. The van der Waals surface area contributed by atoms with Crippen molar-refractivity contribution in [2.24, 2.45) is 5.92 Å². The second-order valence-corrected chi connectivity index (χ2v) is 5.16. The molecule has 0 aliphatic heterocycles. The van der Waals surface area contributed by atoms with Crippen LogP contribution in [0.2, 0.25) is 5.15 Å². The van der Waals surface area contributed by atoms with Crippen molar-refractivity contribution in [3.05, 3.63) is 17.0 Å². The fraction of sp³-hybridized carbons (Fsp3) is 0.692. The minimum absolute atomic E-state index is 0.540. The molecule has 2 unspecified atom stereocenters. The Bertz CT molecular complexity index is 381. The molecule has 0 saturated heterocycles. The quantitative estimate of drug-likeness (QED) is 0.786. The molecule has 4 heteroatoms. The van der Waals surface area contributed by atoms with Gasteiger partial charge in [-0.05, 0) is 25.2 Å². The fourth-order valence-corrected chi connectivity index (χ4v) is 2.38. The summed E-state index contributed by atoms with van der Waals surface area (Å²) in [4.78, 5) is 8.71. The molecule has 1 N–H and O–H groups in total. The minimum atomic E-state index is 0.540. The average molecular weight is 254 g/mol. The molecule has 1 aliphatic carbocycles. The lowest BCUT2D eigenvalue weighted by Gasteiger charge is -2.07. The van der Waals surface area contributed by atoms with Crippen molar-refractivity contribution in [1.29, 1.82) is 0 Å². The van der Waals surface area contributed by atoms with E-state index in [0.717, 1.165) is 30.4 Å². The first-order chi connectivity index (χ1) is 8.22. The van der Waals surface area contributed by atoms with Crippen LogP contribution in [0.25, 0.3) is 0 Å². The number of nitrogens with one attached hydrogen (secondary N) is 1. The van der Waals surface area contributed by atoms with Crippen LogP contribution < -0.4 is 5.32 Å². The van der Waals surface area contributed by atoms with E-state index < -0.39 is 0 Å². The molecule has 0 amide bonds. The van der Waals surface area contributed by atoms with E-state index in [1.807, 2.05) is 6.07 Å². The number of nitrogens with zero attached hydrogens (tertiary/aromatic N) is 2. The molecule has 1 aromatic heterocycles. The highest BCUT2D eigenvalue weighted by Crippen LogP contribution is 2.37. The molecule has 0 radical (unpaired) electrons. The van der Waals surface area contributed by atoms with E-state index in [4.69, 9.17) is 11.6 Å². The van der Waals surface area contributed by atoms with Gasteiger partial charge in [-0.2, -0.15) is 0 Å². The molecular weight excluding hydrogens is 234 g/mol. The van der Waals surface area contributed by atoms with E-state index in [9.17, 15) is 0 Å². The predicted octanol–water partition coefficient (Wildman–Crippen LogP) is 3.68. The summed E-state index contributed by atoms with van der Waals surface area (Å²) in [5.74, 6) is 2.55. The first-order valence-electron chi connectivity index (χ1n) is 6.53. The van der Waals surface area contributed by atoms with Gasteiger partial charge in [0.05, 0.1) is 0 Å². The predicted molar refractivity (Wildman–Crippen MR) is 71.5 cm³/mol. The summed E-state index contributed by atoms with van der Waals surface area (Å²) in [5, 5.41) is 4.00. The Labute approximate surface area is 108 Å². The van der Waals surface area contributed by atoms with Crippen LogP contribution in [0.3, 0.4) is 0 Å². The normalized spacial score (nSPS) is 22.5. The van der Waals surface area contributed by atoms with Crippen molar-refractivity contribution < 1.29 is 0 Å². The molecule has 1 fully saturated rings. The van der Waals surface area contributed by atoms with Gasteiger partial charge in [0.25, 0.3) is 0 Å². The summed E-state index contributed by atoms with van der Waals surface area (Å²) in [6.07, 6.45) is 5.76. The van der Waals surface area contributed by atoms with Crippen LogP contribution in [-0.2, 0) is 6.42 Å². The Hall–Kier alpha value is -0.830. The van der Waals surface area contributed by atoms with Crippen LogP contribution in [0, 0.1) is 5.92 Å². The van der Waals surface area contributed by atoms with Crippen molar-refractivity contribution >= 4 is 17.4 Å². The summed E-state index contributed by atoms with van der Waals surface area (Å²) in [6, 6.07) is 2.41. The third-order valence-electron chi connectivity index (χ3n) is 3.13. The maximum Gasteiger partial charge on any atom is 0.134 e. The lowest BCUT2D eigenvalue weighted by atomic mass is 10.2. The first-order valence-corrected chi connectivity index (χ1v) is 6.90. The van der Waals surface area contributed by atoms with Crippen molar-refractivity contribution in [2.75, 3.05) is 5.32 Å². The summed E-state index contributed by atoms with van der Waals surface area (Å²) in [5.41, 5.74) is 0. The van der Waals surface area contributed by atoms with E-state index in [-0.39, 0.29) is 0 Å². The van der Waals surface area contributed by atoms with Crippen LogP contribution in [0.5, 0.6) is 0 Å². The highest BCUT2D eigenvalue weighted by atomic mass is 35.5. The average Bonchev–Trinajstić information content (AvgIpc) is 2.96. The molecule has 0 spiro atoms. The van der Waals surface area contributed by atoms with E-state index in [0.29, 0.717) is 11.2 Å². The minimum Gasteiger partial charge on any atom is -0.367 e. The van der Waals surface area contributed by atoms with E-state index >= 15 is 0 Å². The summed E-state index contributed by atoms with van der Waals surface area (Å²) < 4.78 is 0. The molecule has 0 bridgehead atoms. The number of hydrogen-bond acceptors (Lipinski definition) is 3. The van der Waals surface area contributed by atoms with E-state index in [1.54, 1.807) is 0 Å². The maximum atomic E-state index is 6.00. The second kappa shape index (κ2) is 5.67. The topological polar surface area (TPSA) is 37.8 Å². The molecule has 94 valence electrons. The van der Waals surface area contributed by atoms with Crippen molar-refractivity contribution in [1.82, 2.24) is 9.97 Å². The van der Waals surface area contributed by atoms with Gasteiger partial charge in [0.15, 0.2) is 0 Å². The molecule has 1 heterocycles. The Kier molecular flexibility index (Phi) is 4.21. The van der Waals surface area contributed by atoms with Gasteiger partial charge in [-0.25, -0.2) is 9.97 Å². The van der Waals surface area contributed by atoms with Gasteiger partial charge in [-0.3, -0.25) is 0 Å². The fourth-order valence-electron chi connectivity index (χ4n) is 2.18. The molecule has 17 heavy (non-hydrogen) atoms. The molecule has 2 rings (SSSR count). The maximum absolute atomic E-state index is 6.00. The number of aryl methyl sites for hydroxylation is 1. The van der Waals surface area contributed by atoms with Crippen molar-refractivity contribution in [3.63, 3.8) is 0 Å². The van der Waals surface area contributed by atoms with Gasteiger partial charge in [-0.15, -0.1) is 0 Å². The molecular formula is C13H20ClN3. The van der Waals surface area contributed by atoms with Gasteiger partial charge in [0, 0.05) is 18.5 Å². The second-order valence-electron chi connectivity index (χ2n) is 4.78. The zero-order valence-corrected chi connectivity index (χ0v) is 11.3. The molecule has 1 aliphatic rings. The van der Waals surface area contributed by atoms with E-state index in [1.165, 1.54) is 19.3 Å². The largest absolute Gasteiger partial charge is 0.367 e. The summed E-state index contributed by atoms with van der Waals surface area (Å²) in [6.45, 7) is 4.35. The van der Waals surface area contributed by atoms with Gasteiger partial charge in [-0.1, -0.05) is 31.9 Å². The SMILES string of the molecule is CCCc1nc(Cl)cc(NC2CC2CCC)n1. The van der Waals surface area contributed by atoms with Crippen LogP contribution in [0.4, 0.5) is 5.82 Å². The Morgan fingerprint density at radius 1 is 1.35 bits per heavy atom. The standard InChI is InChI=1S/C13H20ClN3/c1-3-5-9-7-10(9)15-13-8-11(14)16-12(17-13)6-4-2/h8-10H,3-7H2,1-2H3,(H,15,16,17). The number of anilines is 1. The van der Waals surface area contributed by atoms with Gasteiger partial charge >= 0.3 is 0 Å². The third-order valence-corrected chi connectivity index (χ3v) is 3.32. The number of halogens is 1. The Morgan fingerprint density at radius 3 is 2.88 bits per heavy atom. The van der Waals surface area contributed by atoms with Crippen molar-refractivity contribution in [3.8, 4) is 0 Å². The van der Waals surface area contributed by atoms with Gasteiger partial charge in [0.1, 0.15) is 16.8 Å². The molecule has 0 aromatic carbocycles. The number of aromatic nitrogens is 2. The first kappa shape index (κ1) is 12.6. The lowest BCUT2D eigenvalue weighted by Crippen LogP contribution is -2.08. The van der Waals surface area contributed by atoms with Crippen LogP contribution in [0.15, 0.2) is 6.07 Å². The number of rotatable bonds is 6. The van der Waals surface area contributed by atoms with Crippen molar-refractivity contribution in [2.45, 2.75) is 52.0 Å². The molecule has 1 aromatic rings. The summed E-state index contributed by atoms with van der Waals surface area (Å²) >= 11 is 6.00. The van der Waals surface area contributed by atoms with Crippen LogP contribution >= 0.6 is 11.6 Å².